The van der Waals surface area contributed by atoms with E-state index in [9.17, 15) is 28.2 Å². The number of allylic oxidation sites excluding steroid dienone is 2. The van der Waals surface area contributed by atoms with Gasteiger partial charge in [0.2, 0.25) is 5.91 Å². The van der Waals surface area contributed by atoms with Crippen molar-refractivity contribution in [3.05, 3.63) is 82.3 Å². The summed E-state index contributed by atoms with van der Waals surface area (Å²) in [5.41, 5.74) is -0.518. The van der Waals surface area contributed by atoms with Crippen molar-refractivity contribution in [3.63, 3.8) is 0 Å². The number of carbonyl (C=O) groups excluding carboxylic acids is 2. The molecule has 2 fully saturated rings. The van der Waals surface area contributed by atoms with E-state index < -0.39 is 45.6 Å². The van der Waals surface area contributed by atoms with Gasteiger partial charge in [-0.1, -0.05) is 42.8 Å². The van der Waals surface area contributed by atoms with Crippen molar-refractivity contribution in [1.29, 1.82) is 0 Å². The number of carbonyl (C=O) groups is 2. The number of nitrogens with one attached hydrogen (secondary N) is 2. The second-order valence-corrected chi connectivity index (χ2v) is 15.7. The Morgan fingerprint density at radius 1 is 1.23 bits per heavy atom. The molecule has 3 aliphatic heterocycles. The Balaban J connectivity index is 1.47. The molecule has 48 heavy (non-hydrogen) atoms. The summed E-state index contributed by atoms with van der Waals surface area (Å²) in [6.07, 6.45) is 13.8. The standard InChI is InChI=1S/C35H45ClN4O7S/c1-3-37-48(45,46)38-33(43)35(44)20-31(42)39(2)17-5-4-8-29(41)27-12-9-24(27)21-40-18-15-25(35)10-14-30-32(47-30)34(22-40)16-6-7-23-19-26(36)11-13-28(23)34/h4,8,10-11,13-15,18-19,24,27,29,32,37,41,44H,3,5-7,9,12,16-17,20-22H2,1-2H3,(H,38,43)/b8-4-,18-15-,25-10+,30-14+/t24-,27+,29-,32?,34+,35+/m0/s1. The number of hydrogen-bond donors (Lipinski definition) is 4. The zero-order valence-corrected chi connectivity index (χ0v) is 29.0. The molecule has 5 aliphatic rings. The summed E-state index contributed by atoms with van der Waals surface area (Å²) in [5.74, 6) is -0.869. The molecule has 1 aromatic rings. The fourth-order valence-corrected chi connectivity index (χ4v) is 8.85. The average molecular weight is 701 g/mol. The van der Waals surface area contributed by atoms with Gasteiger partial charge in [-0.3, -0.25) is 9.59 Å². The van der Waals surface area contributed by atoms with Crippen LogP contribution in [0.15, 0.2) is 66.1 Å². The van der Waals surface area contributed by atoms with Crippen molar-refractivity contribution in [2.45, 2.75) is 75.1 Å². The smallest absolute Gasteiger partial charge is 0.301 e. The van der Waals surface area contributed by atoms with Crippen molar-refractivity contribution in [3.8, 4) is 0 Å². The molecule has 11 nitrogen and oxygen atoms in total. The highest BCUT2D eigenvalue weighted by molar-refractivity contribution is 7.88. The van der Waals surface area contributed by atoms with E-state index >= 15 is 0 Å². The Morgan fingerprint density at radius 3 is 2.79 bits per heavy atom. The van der Waals surface area contributed by atoms with Gasteiger partial charge in [0.1, 0.15) is 5.76 Å². The lowest BCUT2D eigenvalue weighted by Crippen LogP contribution is -2.54. The van der Waals surface area contributed by atoms with E-state index in [2.05, 4.69) is 15.7 Å². The van der Waals surface area contributed by atoms with Gasteiger partial charge in [0.25, 0.3) is 5.91 Å². The minimum Gasteiger partial charge on any atom is -0.482 e. The largest absolute Gasteiger partial charge is 0.482 e. The first-order chi connectivity index (χ1) is 22.8. The van der Waals surface area contributed by atoms with Crippen LogP contribution in [0.1, 0.15) is 56.6 Å². The lowest BCUT2D eigenvalue weighted by Gasteiger charge is -2.45. The van der Waals surface area contributed by atoms with Gasteiger partial charge < -0.3 is 24.7 Å². The van der Waals surface area contributed by atoms with Crippen molar-refractivity contribution in [2.24, 2.45) is 11.8 Å². The van der Waals surface area contributed by atoms with E-state index in [0.29, 0.717) is 30.3 Å². The maximum atomic E-state index is 13.7. The van der Waals surface area contributed by atoms with Crippen LogP contribution in [0.5, 0.6) is 0 Å². The number of ether oxygens (including phenoxy) is 1. The second kappa shape index (κ2) is 13.6. The average Bonchev–Trinajstić information content (AvgIpc) is 3.80. The summed E-state index contributed by atoms with van der Waals surface area (Å²) >= 11 is 6.43. The molecule has 2 amide bonds. The Kier molecular flexibility index (Phi) is 9.85. The molecule has 1 saturated heterocycles. The molecule has 1 saturated carbocycles. The number of nitrogens with zero attached hydrogens (tertiary/aromatic N) is 2. The minimum absolute atomic E-state index is 0.0204. The number of halogens is 1. The summed E-state index contributed by atoms with van der Waals surface area (Å²) in [5, 5.41) is 23.9. The van der Waals surface area contributed by atoms with Crippen LogP contribution >= 0.6 is 11.6 Å². The molecule has 6 atom stereocenters. The number of amides is 2. The van der Waals surface area contributed by atoms with Crippen molar-refractivity contribution >= 4 is 33.6 Å². The van der Waals surface area contributed by atoms with Crippen LogP contribution in [0.25, 0.3) is 0 Å². The number of aliphatic hydroxyl groups excluding tert-OH is 1. The maximum Gasteiger partial charge on any atom is 0.301 e. The molecule has 2 aliphatic carbocycles. The third-order valence-corrected chi connectivity index (χ3v) is 12.0. The molecule has 260 valence electrons. The van der Waals surface area contributed by atoms with Crippen LogP contribution in [0.3, 0.4) is 0 Å². The summed E-state index contributed by atoms with van der Waals surface area (Å²) in [6.45, 7) is 3.03. The molecule has 6 rings (SSSR count). The highest BCUT2D eigenvalue weighted by Crippen LogP contribution is 2.52. The molecule has 3 heterocycles. The second-order valence-electron chi connectivity index (χ2n) is 13.7. The third kappa shape index (κ3) is 6.96. The van der Waals surface area contributed by atoms with Gasteiger partial charge in [-0.25, -0.2) is 4.72 Å². The summed E-state index contributed by atoms with van der Waals surface area (Å²) in [4.78, 5) is 30.8. The number of fused-ring (bicyclic) bond motifs is 7. The highest BCUT2D eigenvalue weighted by atomic mass is 35.5. The van der Waals surface area contributed by atoms with Crippen LogP contribution in [-0.4, -0.2) is 91.3 Å². The van der Waals surface area contributed by atoms with E-state index in [1.54, 1.807) is 38.3 Å². The van der Waals surface area contributed by atoms with Gasteiger partial charge in [-0.2, -0.15) is 13.1 Å². The number of aliphatic hydroxyl groups is 2. The highest BCUT2D eigenvalue weighted by Gasteiger charge is 2.56. The first-order valence-electron chi connectivity index (χ1n) is 16.8. The van der Waals surface area contributed by atoms with E-state index in [4.69, 9.17) is 16.3 Å². The Hall–Kier alpha value is -3.16. The molecule has 1 aromatic carbocycles. The van der Waals surface area contributed by atoms with E-state index in [1.165, 1.54) is 16.0 Å². The number of benzene rings is 1. The lowest BCUT2D eigenvalue weighted by atomic mass is 9.66. The fourth-order valence-electron chi connectivity index (χ4n) is 7.79. The van der Waals surface area contributed by atoms with Gasteiger partial charge in [0.15, 0.2) is 11.7 Å². The summed E-state index contributed by atoms with van der Waals surface area (Å²) < 4.78 is 35.7. The number of aryl methyl sites for hydroxylation is 1. The molecule has 1 spiro atoms. The number of rotatable bonds is 4. The molecule has 0 radical (unpaired) electrons. The first-order valence-corrected chi connectivity index (χ1v) is 18.6. The zero-order chi connectivity index (χ0) is 34.3. The summed E-state index contributed by atoms with van der Waals surface area (Å²) in [7, 11) is -2.75. The van der Waals surface area contributed by atoms with Crippen LogP contribution < -0.4 is 9.44 Å². The van der Waals surface area contributed by atoms with Gasteiger partial charge in [-0.15, -0.1) is 0 Å². The zero-order valence-electron chi connectivity index (χ0n) is 27.4. The van der Waals surface area contributed by atoms with Crippen molar-refractivity contribution in [1.82, 2.24) is 19.2 Å². The first kappa shape index (κ1) is 34.7. The van der Waals surface area contributed by atoms with Crippen molar-refractivity contribution in [2.75, 3.05) is 33.2 Å². The van der Waals surface area contributed by atoms with E-state index in [-0.39, 0.29) is 36.6 Å². The quantitative estimate of drug-likeness (QED) is 0.277. The summed E-state index contributed by atoms with van der Waals surface area (Å²) in [6, 6.07) is 6.04. The fraction of sp³-hybridized carbons (Fsp3) is 0.543. The van der Waals surface area contributed by atoms with Crippen LogP contribution in [0.2, 0.25) is 5.02 Å². The van der Waals surface area contributed by atoms with Gasteiger partial charge in [0.05, 0.1) is 17.9 Å². The van der Waals surface area contributed by atoms with Gasteiger partial charge in [0, 0.05) is 38.2 Å². The van der Waals surface area contributed by atoms with E-state index in [0.717, 1.165) is 32.1 Å². The lowest BCUT2D eigenvalue weighted by molar-refractivity contribution is -0.143. The minimum atomic E-state index is -4.31. The Morgan fingerprint density at radius 2 is 2.04 bits per heavy atom. The van der Waals surface area contributed by atoms with Crippen LogP contribution in [0.4, 0.5) is 0 Å². The SMILES string of the molecule is CCNS(=O)(=O)NC(=O)[C@@]1(O)CC(=O)N(C)CC/C=C\[C@H](O)[C@@H]2CC[C@H]2CN2\C=C/C1=C\C=C1\OC1[C@]1(CCCc3cc(Cl)ccc31)C2. The molecule has 13 heteroatoms. The third-order valence-electron chi connectivity index (χ3n) is 10.6. The predicted octanol–water partition coefficient (Wildman–Crippen LogP) is 2.85. The van der Waals surface area contributed by atoms with Crippen LogP contribution in [-0.2, 0) is 36.4 Å². The molecule has 4 N–H and O–H groups in total. The maximum absolute atomic E-state index is 13.7. The Labute approximate surface area is 287 Å². The topological polar surface area (TPSA) is 152 Å². The van der Waals surface area contributed by atoms with Crippen molar-refractivity contribution < 1.29 is 33.0 Å². The molecule has 1 unspecified atom stereocenters. The van der Waals surface area contributed by atoms with E-state index in [1.807, 2.05) is 29.1 Å². The molecular formula is C35H45ClN4O7S. The van der Waals surface area contributed by atoms with Gasteiger partial charge >= 0.3 is 10.2 Å². The number of epoxide rings is 1. The van der Waals surface area contributed by atoms with Gasteiger partial charge in [-0.05, 0) is 97.5 Å². The predicted molar refractivity (Wildman–Crippen MR) is 182 cm³/mol. The molecule has 0 aromatic heterocycles. The number of hydrogen-bond acceptors (Lipinski definition) is 8. The normalized spacial score (nSPS) is 35.7. The molecular weight excluding hydrogens is 656 g/mol. The van der Waals surface area contributed by atoms with Crippen LogP contribution in [0, 0.1) is 11.8 Å². The monoisotopic (exact) mass is 700 g/mol. The molecule has 2 bridgehead atoms. The Bertz CT molecular complexity index is 1680.